The van der Waals surface area contributed by atoms with E-state index in [1.807, 2.05) is 13.8 Å². The van der Waals surface area contributed by atoms with Crippen LogP contribution < -0.4 is 0 Å². The van der Waals surface area contributed by atoms with Crippen molar-refractivity contribution < 1.29 is 23.1 Å². The van der Waals surface area contributed by atoms with Gasteiger partial charge in [-0.3, -0.25) is 9.59 Å². The van der Waals surface area contributed by atoms with Gasteiger partial charge >= 0.3 is 0 Å². The zero-order valence-corrected chi connectivity index (χ0v) is 16.3. The van der Waals surface area contributed by atoms with Crippen LogP contribution in [-0.2, 0) is 14.3 Å². The van der Waals surface area contributed by atoms with E-state index in [1.165, 1.54) is 28.8 Å². The van der Waals surface area contributed by atoms with E-state index in [4.69, 9.17) is 4.74 Å². The number of rotatable bonds is 5. The van der Waals surface area contributed by atoms with Crippen molar-refractivity contribution in [2.24, 2.45) is 5.92 Å². The Labute approximate surface area is 162 Å². The van der Waals surface area contributed by atoms with E-state index in [0.717, 1.165) is 6.07 Å². The molecular weight excluding hydrogens is 374 g/mol. The summed E-state index contributed by atoms with van der Waals surface area (Å²) in [6.45, 7) is 5.88. The third-order valence-electron chi connectivity index (χ3n) is 4.77. The number of carbonyl (C=O) groups excluding carboxylic acids is 2. The minimum Gasteiger partial charge on any atom is -0.378 e. The van der Waals surface area contributed by atoms with E-state index in [2.05, 4.69) is 0 Å². The first-order chi connectivity index (χ1) is 12.9. The Kier molecular flexibility index (Phi) is 6.37. The van der Waals surface area contributed by atoms with Gasteiger partial charge in [0, 0.05) is 24.7 Å². The highest BCUT2D eigenvalue weighted by molar-refractivity contribution is 8.00. The Morgan fingerprint density at radius 1 is 1.30 bits per heavy atom. The average Bonchev–Trinajstić information content (AvgIpc) is 3.01. The van der Waals surface area contributed by atoms with Crippen LogP contribution in [0.2, 0.25) is 0 Å². The van der Waals surface area contributed by atoms with E-state index in [1.54, 1.807) is 4.90 Å². The summed E-state index contributed by atoms with van der Waals surface area (Å²) in [5.41, 5.74) is 0.232. The van der Waals surface area contributed by atoms with Crippen LogP contribution in [0, 0.1) is 17.6 Å². The largest absolute Gasteiger partial charge is 0.378 e. The second-order valence-electron chi connectivity index (χ2n) is 7.21. The number of hydrogen-bond acceptors (Lipinski definition) is 4. The molecule has 0 aromatic heterocycles. The molecule has 2 atom stereocenters. The maximum Gasteiger partial charge on any atom is 0.245 e. The Morgan fingerprint density at radius 3 is 2.63 bits per heavy atom. The number of thioether (sulfide) groups is 1. The van der Waals surface area contributed by atoms with Gasteiger partial charge in [0.05, 0.1) is 19.0 Å². The molecule has 2 fully saturated rings. The van der Waals surface area contributed by atoms with Crippen LogP contribution in [0.25, 0.3) is 0 Å². The number of hydrogen-bond donors (Lipinski definition) is 0. The molecule has 1 aromatic carbocycles. The first kappa shape index (κ1) is 20.1. The van der Waals surface area contributed by atoms with Crippen LogP contribution in [0.15, 0.2) is 18.2 Å². The predicted octanol–water partition coefficient (Wildman–Crippen LogP) is 2.81. The highest BCUT2D eigenvalue weighted by Gasteiger charge is 2.43. The summed E-state index contributed by atoms with van der Waals surface area (Å²) in [5, 5.41) is -0.633. The fourth-order valence-electron chi connectivity index (χ4n) is 3.49. The Morgan fingerprint density at radius 2 is 2.00 bits per heavy atom. The number of carbonyl (C=O) groups is 2. The smallest absolute Gasteiger partial charge is 0.245 e. The van der Waals surface area contributed by atoms with Gasteiger partial charge in [-0.25, -0.2) is 8.78 Å². The molecule has 148 valence electrons. The van der Waals surface area contributed by atoms with Crippen molar-refractivity contribution in [2.45, 2.75) is 31.7 Å². The summed E-state index contributed by atoms with van der Waals surface area (Å²) in [7, 11) is 0. The molecule has 5 nitrogen and oxygen atoms in total. The number of amides is 2. The topological polar surface area (TPSA) is 49.9 Å². The van der Waals surface area contributed by atoms with Gasteiger partial charge in [-0.2, -0.15) is 0 Å². The molecule has 0 aliphatic carbocycles. The quantitative estimate of drug-likeness (QED) is 0.765. The van der Waals surface area contributed by atoms with Crippen LogP contribution in [0.1, 0.15) is 31.2 Å². The van der Waals surface area contributed by atoms with Crippen LogP contribution >= 0.6 is 11.8 Å². The van der Waals surface area contributed by atoms with Crippen molar-refractivity contribution in [3.8, 4) is 0 Å². The monoisotopic (exact) mass is 398 g/mol. The highest BCUT2D eigenvalue weighted by Crippen LogP contribution is 2.42. The second kappa shape index (κ2) is 8.56. The van der Waals surface area contributed by atoms with Crippen LogP contribution in [0.4, 0.5) is 8.78 Å². The van der Waals surface area contributed by atoms with Crippen molar-refractivity contribution in [3.05, 3.63) is 35.4 Å². The lowest BCUT2D eigenvalue weighted by molar-refractivity contribution is -0.148. The summed E-state index contributed by atoms with van der Waals surface area (Å²) in [5.74, 6) is -1.34. The van der Waals surface area contributed by atoms with Gasteiger partial charge in [0.25, 0.3) is 0 Å². The highest BCUT2D eigenvalue weighted by atomic mass is 32.2. The molecule has 0 radical (unpaired) electrons. The van der Waals surface area contributed by atoms with Gasteiger partial charge in [-0.15, -0.1) is 11.8 Å². The van der Waals surface area contributed by atoms with Crippen molar-refractivity contribution in [1.29, 1.82) is 0 Å². The SMILES string of the molecule is CC(C)C[C@@H](C(=O)N1CCOCC1)N1C(=O)CS[C@@H]1c1ccc(F)cc1F. The van der Waals surface area contributed by atoms with Crippen molar-refractivity contribution in [2.75, 3.05) is 32.1 Å². The van der Waals surface area contributed by atoms with Gasteiger partial charge in [0.1, 0.15) is 23.1 Å². The zero-order valence-electron chi connectivity index (χ0n) is 15.5. The average molecular weight is 398 g/mol. The molecule has 1 aromatic rings. The van der Waals surface area contributed by atoms with Gasteiger partial charge in [0.2, 0.25) is 11.8 Å². The molecule has 27 heavy (non-hydrogen) atoms. The van der Waals surface area contributed by atoms with Crippen LogP contribution in [0.3, 0.4) is 0 Å². The van der Waals surface area contributed by atoms with Crippen LogP contribution in [-0.4, -0.2) is 59.7 Å². The fraction of sp³-hybridized carbons (Fsp3) is 0.579. The molecule has 2 saturated heterocycles. The van der Waals surface area contributed by atoms with E-state index in [9.17, 15) is 18.4 Å². The third-order valence-corrected chi connectivity index (χ3v) is 5.98. The minimum absolute atomic E-state index is 0.129. The van der Waals surface area contributed by atoms with Crippen molar-refractivity contribution in [3.63, 3.8) is 0 Å². The van der Waals surface area contributed by atoms with Crippen molar-refractivity contribution >= 4 is 23.6 Å². The lowest BCUT2D eigenvalue weighted by Crippen LogP contribution is -2.53. The Bertz CT molecular complexity index is 710. The first-order valence-corrected chi connectivity index (χ1v) is 10.2. The third kappa shape index (κ3) is 4.43. The van der Waals surface area contributed by atoms with Crippen molar-refractivity contribution in [1.82, 2.24) is 9.80 Å². The zero-order chi connectivity index (χ0) is 19.6. The van der Waals surface area contributed by atoms with Crippen LogP contribution in [0.5, 0.6) is 0 Å². The van der Waals surface area contributed by atoms with Gasteiger partial charge in [-0.1, -0.05) is 19.9 Å². The van der Waals surface area contributed by atoms with E-state index in [0.29, 0.717) is 32.7 Å². The lowest BCUT2D eigenvalue weighted by atomic mass is 9.99. The maximum atomic E-state index is 14.4. The maximum absolute atomic E-state index is 14.4. The molecule has 3 rings (SSSR count). The molecule has 2 heterocycles. The summed E-state index contributed by atoms with van der Waals surface area (Å²) < 4.78 is 33.0. The molecule has 0 spiro atoms. The van der Waals surface area contributed by atoms with E-state index < -0.39 is 23.1 Å². The number of morpholine rings is 1. The number of halogens is 2. The van der Waals surface area contributed by atoms with E-state index >= 15 is 0 Å². The summed E-state index contributed by atoms with van der Waals surface area (Å²) in [4.78, 5) is 29.1. The Balaban J connectivity index is 1.92. The predicted molar refractivity (Wildman–Crippen MR) is 99.0 cm³/mol. The molecule has 0 unspecified atom stereocenters. The molecule has 2 aliphatic rings. The molecule has 2 amide bonds. The molecule has 8 heteroatoms. The molecule has 2 aliphatic heterocycles. The second-order valence-corrected chi connectivity index (χ2v) is 8.28. The summed E-state index contributed by atoms with van der Waals surface area (Å²) >= 11 is 1.27. The van der Waals surface area contributed by atoms with Gasteiger partial charge in [-0.05, 0) is 18.4 Å². The number of benzene rings is 1. The molecular formula is C19H24F2N2O3S. The standard InChI is InChI=1S/C19H24F2N2O3S/c1-12(2)9-16(18(25)22-5-7-26-8-6-22)23-17(24)11-27-19(23)14-4-3-13(20)10-15(14)21/h3-4,10,12,16,19H,5-9,11H2,1-2H3/t16-,19+/m0/s1. The lowest BCUT2D eigenvalue weighted by Gasteiger charge is -2.37. The van der Waals surface area contributed by atoms with E-state index in [-0.39, 0.29) is 29.0 Å². The minimum atomic E-state index is -0.700. The summed E-state index contributed by atoms with van der Waals surface area (Å²) in [6.07, 6.45) is 0.488. The number of nitrogens with zero attached hydrogens (tertiary/aromatic N) is 2. The normalized spacial score (nSPS) is 21.8. The molecule has 0 saturated carbocycles. The number of ether oxygens (including phenoxy) is 1. The Hall–Kier alpha value is -1.67. The fourth-order valence-corrected chi connectivity index (χ4v) is 4.73. The first-order valence-electron chi connectivity index (χ1n) is 9.12. The molecule has 0 N–H and O–H groups in total. The molecule has 0 bridgehead atoms. The van der Waals surface area contributed by atoms with Gasteiger partial charge < -0.3 is 14.5 Å². The summed E-state index contributed by atoms with van der Waals surface area (Å²) in [6, 6.07) is 2.69. The van der Waals surface area contributed by atoms with Gasteiger partial charge in [0.15, 0.2) is 0 Å².